The van der Waals surface area contributed by atoms with Crippen LogP contribution in [-0.2, 0) is 11.2 Å². The van der Waals surface area contributed by atoms with E-state index in [0.29, 0.717) is 11.9 Å². The van der Waals surface area contributed by atoms with Gasteiger partial charge in [-0.25, -0.2) is 4.98 Å². The fourth-order valence-electron chi connectivity index (χ4n) is 2.48. The number of anilines is 1. The lowest BCUT2D eigenvalue weighted by molar-refractivity contribution is -0.118. The molecule has 1 saturated carbocycles. The van der Waals surface area contributed by atoms with Crippen LogP contribution in [0.3, 0.4) is 0 Å². The SMILES string of the molecule is CCc1cccc(NC(=O)C2CC3CC3N2)n1. The number of carbonyl (C=O) groups excluding carboxylic acids is 1. The van der Waals surface area contributed by atoms with Crippen molar-refractivity contribution in [2.24, 2.45) is 5.92 Å². The van der Waals surface area contributed by atoms with Crippen molar-refractivity contribution in [3.8, 4) is 0 Å². The molecule has 1 aromatic heterocycles. The van der Waals surface area contributed by atoms with Crippen LogP contribution in [0.25, 0.3) is 0 Å². The smallest absolute Gasteiger partial charge is 0.242 e. The normalized spacial score (nSPS) is 29.8. The summed E-state index contributed by atoms with van der Waals surface area (Å²) in [5.41, 5.74) is 1.00. The highest BCUT2D eigenvalue weighted by Gasteiger charge is 2.47. The molecule has 1 saturated heterocycles. The zero-order valence-electron chi connectivity index (χ0n) is 9.94. The molecular weight excluding hydrogens is 214 g/mol. The molecule has 0 spiro atoms. The van der Waals surface area contributed by atoms with E-state index in [1.54, 1.807) is 0 Å². The third-order valence-electron chi connectivity index (χ3n) is 3.61. The summed E-state index contributed by atoms with van der Waals surface area (Å²) in [5.74, 6) is 1.45. The third kappa shape index (κ3) is 2.17. The molecule has 3 rings (SSSR count). The predicted octanol–water partition coefficient (Wildman–Crippen LogP) is 1.33. The summed E-state index contributed by atoms with van der Waals surface area (Å²) in [7, 11) is 0. The van der Waals surface area contributed by atoms with E-state index in [-0.39, 0.29) is 11.9 Å². The van der Waals surface area contributed by atoms with Gasteiger partial charge in [-0.05, 0) is 37.3 Å². The standard InChI is InChI=1S/C13H17N3O/c1-2-9-4-3-5-12(14-9)16-13(17)11-7-8-6-10(8)15-11/h3-5,8,10-11,15H,2,6-7H2,1H3,(H,14,16,17). The molecule has 0 bridgehead atoms. The summed E-state index contributed by atoms with van der Waals surface area (Å²) in [4.78, 5) is 16.3. The Bertz CT molecular complexity index is 436. The summed E-state index contributed by atoms with van der Waals surface area (Å²) < 4.78 is 0. The molecule has 1 aliphatic heterocycles. The molecule has 4 nitrogen and oxygen atoms in total. The minimum atomic E-state index is -0.0224. The van der Waals surface area contributed by atoms with Gasteiger partial charge in [-0.15, -0.1) is 0 Å². The van der Waals surface area contributed by atoms with Gasteiger partial charge < -0.3 is 10.6 Å². The average molecular weight is 231 g/mol. The highest BCUT2D eigenvalue weighted by Crippen LogP contribution is 2.40. The molecule has 3 unspecified atom stereocenters. The van der Waals surface area contributed by atoms with Gasteiger partial charge in [0.1, 0.15) is 5.82 Å². The Morgan fingerprint density at radius 1 is 1.53 bits per heavy atom. The third-order valence-corrected chi connectivity index (χ3v) is 3.61. The molecule has 1 aliphatic carbocycles. The number of amides is 1. The average Bonchev–Trinajstić information content (AvgIpc) is 2.96. The number of aromatic nitrogens is 1. The van der Waals surface area contributed by atoms with Gasteiger partial charge in [-0.2, -0.15) is 0 Å². The number of piperidine rings is 1. The van der Waals surface area contributed by atoms with E-state index >= 15 is 0 Å². The van der Waals surface area contributed by atoms with Crippen molar-refractivity contribution in [1.29, 1.82) is 0 Å². The minimum Gasteiger partial charge on any atom is -0.309 e. The van der Waals surface area contributed by atoms with E-state index in [1.807, 2.05) is 18.2 Å². The number of rotatable bonds is 3. The van der Waals surface area contributed by atoms with Gasteiger partial charge in [-0.3, -0.25) is 4.79 Å². The van der Waals surface area contributed by atoms with Crippen LogP contribution in [0.15, 0.2) is 18.2 Å². The number of nitrogens with one attached hydrogen (secondary N) is 2. The monoisotopic (exact) mass is 231 g/mol. The summed E-state index contributed by atoms with van der Waals surface area (Å²) in [5, 5.41) is 6.22. The lowest BCUT2D eigenvalue weighted by atomic mass is 10.1. The van der Waals surface area contributed by atoms with Gasteiger partial charge in [0, 0.05) is 11.7 Å². The largest absolute Gasteiger partial charge is 0.309 e. The molecular formula is C13H17N3O. The Morgan fingerprint density at radius 2 is 2.41 bits per heavy atom. The van der Waals surface area contributed by atoms with Gasteiger partial charge in [0.25, 0.3) is 0 Å². The maximum absolute atomic E-state index is 12.0. The molecule has 1 amide bonds. The first-order chi connectivity index (χ1) is 8.26. The highest BCUT2D eigenvalue weighted by atomic mass is 16.2. The van der Waals surface area contributed by atoms with E-state index < -0.39 is 0 Å². The van der Waals surface area contributed by atoms with Crippen molar-refractivity contribution < 1.29 is 4.79 Å². The van der Waals surface area contributed by atoms with E-state index in [9.17, 15) is 4.79 Å². The van der Waals surface area contributed by atoms with Crippen LogP contribution in [0, 0.1) is 5.92 Å². The van der Waals surface area contributed by atoms with Crippen molar-refractivity contribution in [2.75, 3.05) is 5.32 Å². The molecule has 0 radical (unpaired) electrons. The number of hydrogen-bond acceptors (Lipinski definition) is 3. The van der Waals surface area contributed by atoms with E-state index in [0.717, 1.165) is 24.5 Å². The maximum atomic E-state index is 12.0. The first kappa shape index (κ1) is 10.7. The molecule has 2 aliphatic rings. The number of nitrogens with zero attached hydrogens (tertiary/aromatic N) is 1. The molecule has 90 valence electrons. The lowest BCUT2D eigenvalue weighted by Gasteiger charge is -2.13. The second-order valence-electron chi connectivity index (χ2n) is 4.91. The van der Waals surface area contributed by atoms with Crippen LogP contribution in [0.4, 0.5) is 5.82 Å². The van der Waals surface area contributed by atoms with Crippen molar-refractivity contribution in [1.82, 2.24) is 10.3 Å². The van der Waals surface area contributed by atoms with E-state index in [1.165, 1.54) is 6.42 Å². The lowest BCUT2D eigenvalue weighted by Crippen LogP contribution is -2.38. The fraction of sp³-hybridized carbons (Fsp3) is 0.538. The van der Waals surface area contributed by atoms with Crippen LogP contribution in [0.1, 0.15) is 25.5 Å². The number of fused-ring (bicyclic) bond motifs is 1. The molecule has 1 aromatic rings. The first-order valence-electron chi connectivity index (χ1n) is 6.29. The Morgan fingerprint density at radius 3 is 3.12 bits per heavy atom. The molecule has 17 heavy (non-hydrogen) atoms. The Labute approximate surface area is 101 Å². The summed E-state index contributed by atoms with van der Waals surface area (Å²) in [6, 6.07) is 6.32. The first-order valence-corrected chi connectivity index (χ1v) is 6.29. The van der Waals surface area contributed by atoms with Gasteiger partial charge in [0.05, 0.1) is 6.04 Å². The van der Waals surface area contributed by atoms with Gasteiger partial charge in [-0.1, -0.05) is 13.0 Å². The second kappa shape index (κ2) is 4.11. The topological polar surface area (TPSA) is 54.0 Å². The highest BCUT2D eigenvalue weighted by molar-refractivity contribution is 5.94. The molecule has 3 atom stereocenters. The zero-order chi connectivity index (χ0) is 11.8. The molecule has 2 heterocycles. The maximum Gasteiger partial charge on any atom is 0.242 e. The van der Waals surface area contributed by atoms with Gasteiger partial charge in [0.15, 0.2) is 0 Å². The van der Waals surface area contributed by atoms with Crippen LogP contribution < -0.4 is 10.6 Å². The quantitative estimate of drug-likeness (QED) is 0.825. The van der Waals surface area contributed by atoms with Crippen LogP contribution in [0.5, 0.6) is 0 Å². The summed E-state index contributed by atoms with van der Waals surface area (Å²) in [6.07, 6.45) is 3.10. The molecule has 0 aromatic carbocycles. The Kier molecular flexibility index (Phi) is 2.59. The van der Waals surface area contributed by atoms with Crippen molar-refractivity contribution in [3.63, 3.8) is 0 Å². The van der Waals surface area contributed by atoms with E-state index in [4.69, 9.17) is 0 Å². The van der Waals surface area contributed by atoms with E-state index in [2.05, 4.69) is 22.5 Å². The number of carbonyl (C=O) groups is 1. The molecule has 2 fully saturated rings. The van der Waals surface area contributed by atoms with Crippen LogP contribution in [-0.4, -0.2) is 23.0 Å². The Balaban J connectivity index is 1.63. The number of aryl methyl sites for hydroxylation is 1. The zero-order valence-corrected chi connectivity index (χ0v) is 9.94. The molecule has 4 heteroatoms. The van der Waals surface area contributed by atoms with Crippen molar-refractivity contribution in [3.05, 3.63) is 23.9 Å². The number of hydrogen-bond donors (Lipinski definition) is 2. The summed E-state index contributed by atoms with van der Waals surface area (Å²) in [6.45, 7) is 2.06. The van der Waals surface area contributed by atoms with Crippen molar-refractivity contribution in [2.45, 2.75) is 38.3 Å². The van der Waals surface area contributed by atoms with Crippen LogP contribution >= 0.6 is 0 Å². The second-order valence-corrected chi connectivity index (χ2v) is 4.91. The van der Waals surface area contributed by atoms with Gasteiger partial charge >= 0.3 is 0 Å². The van der Waals surface area contributed by atoms with Crippen LogP contribution in [0.2, 0.25) is 0 Å². The predicted molar refractivity (Wildman–Crippen MR) is 65.7 cm³/mol. The van der Waals surface area contributed by atoms with Gasteiger partial charge in [0.2, 0.25) is 5.91 Å². The van der Waals surface area contributed by atoms with Crippen molar-refractivity contribution >= 4 is 11.7 Å². The molecule has 2 N–H and O–H groups in total. The Hall–Kier alpha value is -1.42. The number of pyridine rings is 1. The fourth-order valence-corrected chi connectivity index (χ4v) is 2.48. The minimum absolute atomic E-state index is 0.0224. The summed E-state index contributed by atoms with van der Waals surface area (Å²) >= 11 is 0.